The molecule has 0 spiro atoms. The van der Waals surface area contributed by atoms with E-state index in [-0.39, 0.29) is 6.03 Å². The lowest BCUT2D eigenvalue weighted by Gasteiger charge is -2.24. The number of urea groups is 1. The van der Waals surface area contributed by atoms with E-state index in [2.05, 4.69) is 20.1 Å². The van der Waals surface area contributed by atoms with Crippen LogP contribution in [0.4, 0.5) is 16.2 Å². The predicted molar refractivity (Wildman–Crippen MR) is 115 cm³/mol. The molecule has 4 rings (SSSR count). The molecular formula is C22H24ClN5O. The highest BCUT2D eigenvalue weighted by Crippen LogP contribution is 2.26. The van der Waals surface area contributed by atoms with Gasteiger partial charge in [-0.1, -0.05) is 42.3 Å². The molecule has 1 aliphatic rings. The van der Waals surface area contributed by atoms with Crippen molar-refractivity contribution >= 4 is 29.0 Å². The van der Waals surface area contributed by atoms with E-state index in [1.165, 1.54) is 6.42 Å². The summed E-state index contributed by atoms with van der Waals surface area (Å²) in [6.45, 7) is 3.16. The zero-order valence-electron chi connectivity index (χ0n) is 16.4. The molecule has 0 saturated heterocycles. The van der Waals surface area contributed by atoms with Crippen molar-refractivity contribution in [3.05, 3.63) is 70.8 Å². The minimum Gasteiger partial charge on any atom is -0.313 e. The average Bonchev–Trinajstić information content (AvgIpc) is 2.94. The number of amides is 2. The largest absolute Gasteiger partial charge is 0.326 e. The Morgan fingerprint density at radius 1 is 1.14 bits per heavy atom. The molecule has 0 fully saturated rings. The molecule has 7 heteroatoms. The summed E-state index contributed by atoms with van der Waals surface area (Å²) in [5.74, 6) is 1.80. The molecule has 150 valence electrons. The second kappa shape index (κ2) is 8.66. The fraction of sp³-hybridized carbons (Fsp3) is 0.318. The van der Waals surface area contributed by atoms with Gasteiger partial charge in [-0.05, 0) is 49.6 Å². The van der Waals surface area contributed by atoms with Crippen molar-refractivity contribution in [1.29, 1.82) is 0 Å². The summed E-state index contributed by atoms with van der Waals surface area (Å²) in [7, 11) is 0. The zero-order chi connectivity index (χ0) is 20.2. The molecule has 0 unspecified atom stereocenters. The van der Waals surface area contributed by atoms with Crippen LogP contribution >= 0.6 is 11.6 Å². The Morgan fingerprint density at radius 3 is 2.76 bits per heavy atom. The van der Waals surface area contributed by atoms with Crippen LogP contribution in [0.25, 0.3) is 0 Å². The molecule has 2 heterocycles. The maximum Gasteiger partial charge on any atom is 0.326 e. The first-order chi connectivity index (χ1) is 14.1. The first kappa shape index (κ1) is 19.5. The van der Waals surface area contributed by atoms with Gasteiger partial charge in [0.15, 0.2) is 5.82 Å². The summed E-state index contributed by atoms with van der Waals surface area (Å²) in [5.41, 5.74) is 2.43. The molecule has 6 nitrogen and oxygen atoms in total. The smallest absolute Gasteiger partial charge is 0.313 e. The van der Waals surface area contributed by atoms with Gasteiger partial charge in [-0.2, -0.15) is 0 Å². The summed E-state index contributed by atoms with van der Waals surface area (Å²) in [4.78, 5) is 14.9. The topological polar surface area (TPSA) is 63.1 Å². The van der Waals surface area contributed by atoms with Gasteiger partial charge in [0.25, 0.3) is 0 Å². The number of fused-ring (bicyclic) bond motifs is 1. The number of carbonyl (C=O) groups is 1. The van der Waals surface area contributed by atoms with Crippen molar-refractivity contribution < 1.29 is 4.79 Å². The van der Waals surface area contributed by atoms with Crippen molar-refractivity contribution in [1.82, 2.24) is 14.8 Å². The fourth-order valence-corrected chi connectivity index (χ4v) is 3.72. The summed E-state index contributed by atoms with van der Waals surface area (Å²) in [5, 5.41) is 12.4. The molecule has 0 saturated carbocycles. The third kappa shape index (κ3) is 4.43. The number of aryl methyl sites for hydroxylation is 2. The Bertz CT molecular complexity index is 1000. The maximum atomic E-state index is 13.2. The van der Waals surface area contributed by atoms with Crippen LogP contribution in [0, 0.1) is 6.92 Å². The van der Waals surface area contributed by atoms with Gasteiger partial charge in [0.2, 0.25) is 0 Å². The molecule has 2 amide bonds. The number of aromatic nitrogens is 3. The number of nitrogens with zero attached hydrogens (tertiary/aromatic N) is 4. The van der Waals surface area contributed by atoms with Crippen LogP contribution in [0.1, 0.15) is 36.5 Å². The Balaban J connectivity index is 1.65. The molecule has 3 aromatic rings. The molecule has 1 aromatic heterocycles. The van der Waals surface area contributed by atoms with Gasteiger partial charge in [-0.3, -0.25) is 4.90 Å². The quantitative estimate of drug-likeness (QED) is 0.643. The monoisotopic (exact) mass is 409 g/mol. The highest BCUT2D eigenvalue weighted by molar-refractivity contribution is 6.31. The van der Waals surface area contributed by atoms with E-state index >= 15 is 0 Å². The van der Waals surface area contributed by atoms with E-state index in [9.17, 15) is 4.79 Å². The van der Waals surface area contributed by atoms with E-state index < -0.39 is 0 Å². The molecule has 0 atom stereocenters. The van der Waals surface area contributed by atoms with Crippen LogP contribution in [0.3, 0.4) is 0 Å². The average molecular weight is 410 g/mol. The van der Waals surface area contributed by atoms with E-state index in [1.807, 2.05) is 55.5 Å². The molecular weight excluding hydrogens is 386 g/mol. The second-order valence-electron chi connectivity index (χ2n) is 7.31. The number of benzene rings is 2. The third-order valence-corrected chi connectivity index (χ3v) is 5.63. The van der Waals surface area contributed by atoms with Crippen LogP contribution < -0.4 is 10.2 Å². The Morgan fingerprint density at radius 2 is 1.97 bits per heavy atom. The van der Waals surface area contributed by atoms with Crippen LogP contribution in [0.2, 0.25) is 5.02 Å². The lowest BCUT2D eigenvalue weighted by atomic mass is 10.2. The van der Waals surface area contributed by atoms with Crippen LogP contribution in [-0.2, 0) is 19.5 Å². The normalized spacial score (nSPS) is 13.4. The summed E-state index contributed by atoms with van der Waals surface area (Å²) in [6.07, 6.45) is 4.35. The van der Waals surface area contributed by atoms with Crippen LogP contribution in [-0.4, -0.2) is 20.8 Å². The highest BCUT2D eigenvalue weighted by atomic mass is 35.5. The minimum atomic E-state index is -0.234. The van der Waals surface area contributed by atoms with Crippen LogP contribution in [0.5, 0.6) is 0 Å². The number of halogens is 1. The number of hydrogen-bond donors (Lipinski definition) is 1. The van der Waals surface area contributed by atoms with Gasteiger partial charge in [0.1, 0.15) is 5.82 Å². The number of rotatable bonds is 4. The van der Waals surface area contributed by atoms with Gasteiger partial charge < -0.3 is 9.88 Å². The number of nitrogens with one attached hydrogen (secondary N) is 1. The molecule has 2 aromatic carbocycles. The third-order valence-electron chi connectivity index (χ3n) is 5.22. The van der Waals surface area contributed by atoms with Gasteiger partial charge >= 0.3 is 6.03 Å². The van der Waals surface area contributed by atoms with Crippen LogP contribution in [0.15, 0.2) is 48.5 Å². The SMILES string of the molecule is Cc1ccc(N(Cc2nnc3n2CCCCC3)C(=O)Nc2ccccc2)cc1Cl. The van der Waals surface area contributed by atoms with E-state index in [1.54, 1.807) is 4.90 Å². The van der Waals surface area contributed by atoms with E-state index in [4.69, 9.17) is 11.6 Å². The number of anilines is 2. The Hall–Kier alpha value is -2.86. The Labute approximate surface area is 175 Å². The van der Waals surface area contributed by atoms with E-state index in [0.29, 0.717) is 11.6 Å². The second-order valence-corrected chi connectivity index (χ2v) is 7.72. The number of para-hydroxylation sites is 1. The lowest BCUT2D eigenvalue weighted by molar-refractivity contribution is 0.256. The standard InChI is InChI=1S/C22H24ClN5O/c1-16-11-12-18(14-19(16)23)28(22(29)24-17-8-4-2-5-9-17)15-21-26-25-20-10-6-3-7-13-27(20)21/h2,4-5,8-9,11-12,14H,3,6-7,10,13,15H2,1H3,(H,24,29). The first-order valence-electron chi connectivity index (χ1n) is 9.92. The number of hydrogen-bond acceptors (Lipinski definition) is 3. The fourth-order valence-electron chi connectivity index (χ4n) is 3.55. The molecule has 0 bridgehead atoms. The van der Waals surface area contributed by atoms with Crippen molar-refractivity contribution in [2.24, 2.45) is 0 Å². The minimum absolute atomic E-state index is 0.234. The summed E-state index contributed by atoms with van der Waals surface area (Å²) in [6, 6.07) is 14.8. The predicted octanol–water partition coefficient (Wildman–Crippen LogP) is 5.21. The molecule has 29 heavy (non-hydrogen) atoms. The molecule has 1 N–H and O–H groups in total. The Kier molecular flexibility index (Phi) is 5.81. The van der Waals surface area contributed by atoms with Crippen molar-refractivity contribution in [2.75, 3.05) is 10.2 Å². The van der Waals surface area contributed by atoms with Gasteiger partial charge in [0, 0.05) is 29.4 Å². The lowest BCUT2D eigenvalue weighted by Crippen LogP contribution is -2.35. The molecule has 0 radical (unpaired) electrons. The maximum absolute atomic E-state index is 13.2. The molecule has 0 aliphatic carbocycles. The van der Waals surface area contributed by atoms with E-state index in [0.717, 1.165) is 54.4 Å². The molecule has 1 aliphatic heterocycles. The summed E-state index contributed by atoms with van der Waals surface area (Å²) >= 11 is 6.35. The van der Waals surface area contributed by atoms with Gasteiger partial charge in [-0.15, -0.1) is 10.2 Å². The van der Waals surface area contributed by atoms with Gasteiger partial charge in [-0.25, -0.2) is 4.79 Å². The van der Waals surface area contributed by atoms with Crippen molar-refractivity contribution in [2.45, 2.75) is 45.7 Å². The van der Waals surface area contributed by atoms with Gasteiger partial charge in [0.05, 0.1) is 6.54 Å². The summed E-state index contributed by atoms with van der Waals surface area (Å²) < 4.78 is 2.16. The number of carbonyl (C=O) groups excluding carboxylic acids is 1. The zero-order valence-corrected chi connectivity index (χ0v) is 17.2. The first-order valence-corrected chi connectivity index (χ1v) is 10.3. The highest BCUT2D eigenvalue weighted by Gasteiger charge is 2.22. The van der Waals surface area contributed by atoms with Crippen molar-refractivity contribution in [3.8, 4) is 0 Å². The van der Waals surface area contributed by atoms with Crippen molar-refractivity contribution in [3.63, 3.8) is 0 Å².